The summed E-state index contributed by atoms with van der Waals surface area (Å²) in [6.45, 7) is 7.40. The number of carbonyl (C=O) groups is 2. The van der Waals surface area contributed by atoms with Crippen LogP contribution in [0.3, 0.4) is 0 Å². The molecule has 0 bridgehead atoms. The van der Waals surface area contributed by atoms with E-state index in [1.54, 1.807) is 17.0 Å². The van der Waals surface area contributed by atoms with Crippen molar-refractivity contribution in [3.63, 3.8) is 0 Å². The molecule has 2 aromatic rings. The molecule has 2 aromatic carbocycles. The topological polar surface area (TPSA) is 79.9 Å². The van der Waals surface area contributed by atoms with E-state index in [0.717, 1.165) is 36.1 Å². The van der Waals surface area contributed by atoms with Crippen molar-refractivity contribution in [3.8, 4) is 0 Å². The van der Waals surface area contributed by atoms with Crippen molar-refractivity contribution in [1.29, 1.82) is 0 Å². The monoisotopic (exact) mass is 471 g/mol. The number of hydrogen-bond donors (Lipinski definition) is 2. The maximum atomic E-state index is 13.0. The molecule has 1 aliphatic rings. The SMILES string of the molecule is CC(C)(C)OC(=O)NCCc1ccc(NC2CCN(C(=O)OCc3ccc(F)cc3)CC2)cc1. The van der Waals surface area contributed by atoms with Crippen LogP contribution < -0.4 is 10.6 Å². The fraction of sp³-hybridized carbons (Fsp3) is 0.462. The van der Waals surface area contributed by atoms with E-state index in [9.17, 15) is 14.0 Å². The first-order valence-corrected chi connectivity index (χ1v) is 11.7. The Labute approximate surface area is 200 Å². The van der Waals surface area contributed by atoms with Gasteiger partial charge in [-0.05, 0) is 75.4 Å². The van der Waals surface area contributed by atoms with Gasteiger partial charge in [-0.25, -0.2) is 14.0 Å². The highest BCUT2D eigenvalue weighted by atomic mass is 19.1. The average molecular weight is 472 g/mol. The molecule has 1 aliphatic heterocycles. The van der Waals surface area contributed by atoms with Gasteiger partial charge in [-0.3, -0.25) is 0 Å². The van der Waals surface area contributed by atoms with Crippen molar-refractivity contribution < 1.29 is 23.5 Å². The van der Waals surface area contributed by atoms with Gasteiger partial charge < -0.3 is 25.0 Å². The molecule has 0 unspecified atom stereocenters. The van der Waals surface area contributed by atoms with Crippen LogP contribution in [-0.4, -0.2) is 48.4 Å². The van der Waals surface area contributed by atoms with E-state index in [2.05, 4.69) is 10.6 Å². The lowest BCUT2D eigenvalue weighted by atomic mass is 10.0. The average Bonchev–Trinajstić information content (AvgIpc) is 2.79. The molecular weight excluding hydrogens is 437 g/mol. The molecule has 1 heterocycles. The lowest BCUT2D eigenvalue weighted by Crippen LogP contribution is -2.42. The molecule has 2 amide bonds. The lowest BCUT2D eigenvalue weighted by Gasteiger charge is -2.32. The highest BCUT2D eigenvalue weighted by Crippen LogP contribution is 2.18. The Bertz CT molecular complexity index is 934. The molecule has 1 fully saturated rings. The van der Waals surface area contributed by atoms with Gasteiger partial charge >= 0.3 is 12.2 Å². The summed E-state index contributed by atoms with van der Waals surface area (Å²) >= 11 is 0. The molecule has 0 spiro atoms. The van der Waals surface area contributed by atoms with Crippen molar-refractivity contribution in [2.24, 2.45) is 0 Å². The third kappa shape index (κ3) is 8.57. The first-order valence-electron chi connectivity index (χ1n) is 11.7. The molecule has 184 valence electrons. The van der Waals surface area contributed by atoms with E-state index >= 15 is 0 Å². The summed E-state index contributed by atoms with van der Waals surface area (Å²) in [6.07, 6.45) is 1.63. The summed E-state index contributed by atoms with van der Waals surface area (Å²) in [7, 11) is 0. The van der Waals surface area contributed by atoms with E-state index in [0.29, 0.717) is 19.6 Å². The second-order valence-corrected chi connectivity index (χ2v) is 9.46. The fourth-order valence-electron chi connectivity index (χ4n) is 3.65. The van der Waals surface area contributed by atoms with Gasteiger partial charge in [-0.2, -0.15) is 0 Å². The Kier molecular flexibility index (Phi) is 8.73. The van der Waals surface area contributed by atoms with Crippen LogP contribution in [0, 0.1) is 5.82 Å². The van der Waals surface area contributed by atoms with Crippen LogP contribution in [0.4, 0.5) is 19.7 Å². The number of nitrogens with zero attached hydrogens (tertiary/aromatic N) is 1. The number of alkyl carbamates (subject to hydrolysis) is 1. The molecule has 0 aromatic heterocycles. The Morgan fingerprint density at radius 3 is 2.24 bits per heavy atom. The number of piperidine rings is 1. The largest absolute Gasteiger partial charge is 0.445 e. The van der Waals surface area contributed by atoms with Crippen LogP contribution in [-0.2, 0) is 22.5 Å². The number of benzene rings is 2. The van der Waals surface area contributed by atoms with E-state index in [4.69, 9.17) is 9.47 Å². The fourth-order valence-corrected chi connectivity index (χ4v) is 3.65. The molecule has 2 N–H and O–H groups in total. The molecule has 3 rings (SSSR count). The van der Waals surface area contributed by atoms with E-state index in [1.807, 2.05) is 45.0 Å². The maximum Gasteiger partial charge on any atom is 0.410 e. The zero-order valence-corrected chi connectivity index (χ0v) is 20.1. The van der Waals surface area contributed by atoms with E-state index in [-0.39, 0.29) is 24.6 Å². The van der Waals surface area contributed by atoms with E-state index in [1.165, 1.54) is 12.1 Å². The lowest BCUT2D eigenvalue weighted by molar-refractivity contribution is 0.0528. The van der Waals surface area contributed by atoms with Crippen molar-refractivity contribution in [3.05, 3.63) is 65.5 Å². The minimum absolute atomic E-state index is 0.136. The Morgan fingerprint density at radius 2 is 1.62 bits per heavy atom. The zero-order valence-electron chi connectivity index (χ0n) is 20.1. The highest BCUT2D eigenvalue weighted by Gasteiger charge is 2.23. The zero-order chi connectivity index (χ0) is 24.6. The summed E-state index contributed by atoms with van der Waals surface area (Å²) < 4.78 is 23.6. The van der Waals surface area contributed by atoms with Crippen LogP contribution in [0.5, 0.6) is 0 Å². The van der Waals surface area contributed by atoms with Gasteiger partial charge in [-0.1, -0.05) is 24.3 Å². The Morgan fingerprint density at radius 1 is 1.00 bits per heavy atom. The summed E-state index contributed by atoms with van der Waals surface area (Å²) in [5.74, 6) is -0.311. The predicted molar refractivity (Wildman–Crippen MR) is 129 cm³/mol. The van der Waals surface area contributed by atoms with Crippen LogP contribution in [0.15, 0.2) is 48.5 Å². The van der Waals surface area contributed by atoms with Crippen molar-refractivity contribution in [2.75, 3.05) is 25.0 Å². The van der Waals surface area contributed by atoms with Crippen molar-refractivity contribution in [2.45, 2.75) is 58.3 Å². The quantitative estimate of drug-likeness (QED) is 0.587. The summed E-state index contributed by atoms with van der Waals surface area (Å²) in [5.41, 5.74) is 2.41. The molecule has 1 saturated heterocycles. The number of amides is 2. The van der Waals surface area contributed by atoms with Gasteiger partial charge in [0.05, 0.1) is 0 Å². The molecule has 0 radical (unpaired) electrons. The van der Waals surface area contributed by atoms with Gasteiger partial charge in [0.1, 0.15) is 18.0 Å². The number of halogens is 1. The molecule has 0 aliphatic carbocycles. The summed E-state index contributed by atoms with van der Waals surface area (Å²) in [4.78, 5) is 25.7. The summed E-state index contributed by atoms with van der Waals surface area (Å²) in [6, 6.07) is 14.4. The highest BCUT2D eigenvalue weighted by molar-refractivity contribution is 5.68. The Hall–Kier alpha value is -3.29. The molecule has 8 heteroatoms. The van der Waals surface area contributed by atoms with Gasteiger partial charge in [0, 0.05) is 31.4 Å². The first kappa shape index (κ1) is 25.3. The minimum atomic E-state index is -0.502. The third-order valence-corrected chi connectivity index (χ3v) is 5.44. The molecule has 34 heavy (non-hydrogen) atoms. The smallest absolute Gasteiger partial charge is 0.410 e. The number of ether oxygens (including phenoxy) is 2. The third-order valence-electron chi connectivity index (χ3n) is 5.44. The second-order valence-electron chi connectivity index (χ2n) is 9.46. The minimum Gasteiger partial charge on any atom is -0.445 e. The van der Waals surface area contributed by atoms with Gasteiger partial charge in [0.25, 0.3) is 0 Å². The normalized spacial score (nSPS) is 14.4. The van der Waals surface area contributed by atoms with Crippen LogP contribution in [0.25, 0.3) is 0 Å². The first-order chi connectivity index (χ1) is 16.2. The van der Waals surface area contributed by atoms with Crippen LogP contribution >= 0.6 is 0 Å². The molecule has 7 nitrogen and oxygen atoms in total. The standard InChI is InChI=1S/C26H34FN3O4/c1-26(2,3)34-24(31)28-15-12-19-6-10-22(11-7-19)29-23-13-16-30(17-14-23)25(32)33-18-20-4-8-21(27)9-5-20/h4-11,23,29H,12-18H2,1-3H3,(H,28,31). The number of carbonyl (C=O) groups excluding carboxylic acids is 2. The van der Waals surface area contributed by atoms with Crippen LogP contribution in [0.1, 0.15) is 44.7 Å². The van der Waals surface area contributed by atoms with E-state index < -0.39 is 11.7 Å². The molecule has 0 atom stereocenters. The molecule has 0 saturated carbocycles. The van der Waals surface area contributed by atoms with Gasteiger partial charge in [-0.15, -0.1) is 0 Å². The van der Waals surface area contributed by atoms with Gasteiger partial charge in [0.15, 0.2) is 0 Å². The second kappa shape index (κ2) is 11.7. The Balaban J connectivity index is 1.35. The van der Waals surface area contributed by atoms with Gasteiger partial charge in [0.2, 0.25) is 0 Å². The van der Waals surface area contributed by atoms with Crippen molar-refractivity contribution >= 4 is 17.9 Å². The number of hydrogen-bond acceptors (Lipinski definition) is 5. The number of nitrogens with one attached hydrogen (secondary N) is 2. The number of likely N-dealkylation sites (tertiary alicyclic amines) is 1. The molecular formula is C26H34FN3O4. The summed E-state index contributed by atoms with van der Waals surface area (Å²) in [5, 5.41) is 6.29. The van der Waals surface area contributed by atoms with Crippen LogP contribution in [0.2, 0.25) is 0 Å². The maximum absolute atomic E-state index is 13.0. The number of rotatable bonds is 7. The number of anilines is 1. The van der Waals surface area contributed by atoms with Crippen molar-refractivity contribution in [1.82, 2.24) is 10.2 Å². The predicted octanol–water partition coefficient (Wildman–Crippen LogP) is 5.11.